The third kappa shape index (κ3) is 4.40. The Balaban J connectivity index is 1.35. The Bertz CT molecular complexity index is 1130. The fourth-order valence-electron chi connectivity index (χ4n) is 2.56. The second-order valence-electron chi connectivity index (χ2n) is 6.13. The molecule has 8 nitrogen and oxygen atoms in total. The molecule has 4 aromatic rings. The molecule has 0 saturated heterocycles. The summed E-state index contributed by atoms with van der Waals surface area (Å²) in [7, 11) is 0. The van der Waals surface area contributed by atoms with Gasteiger partial charge in [-0.1, -0.05) is 17.3 Å². The number of esters is 1. The molecule has 0 amide bonds. The van der Waals surface area contributed by atoms with Crippen LogP contribution in [-0.2, 0) is 24.1 Å². The van der Waals surface area contributed by atoms with Crippen LogP contribution in [0.1, 0.15) is 27.8 Å². The molecule has 0 aliphatic carbocycles. The molecule has 0 unspecified atom stereocenters. The molecule has 0 bridgehead atoms. The van der Waals surface area contributed by atoms with Crippen LogP contribution in [0.25, 0.3) is 11.4 Å². The van der Waals surface area contributed by atoms with Crippen LogP contribution >= 0.6 is 0 Å². The largest absolute Gasteiger partial charge is 0.452 e. The Kier molecular flexibility index (Phi) is 5.09. The SMILES string of the molecule is O=C(OCc1nc(-c2ccc(C(F)(F)F)cc2)no1)c1ccc(Cn2cccn2)o1. The number of alkyl halides is 3. The topological polar surface area (TPSA) is 96.2 Å². The monoisotopic (exact) mass is 418 g/mol. The zero-order valence-electron chi connectivity index (χ0n) is 15.2. The van der Waals surface area contributed by atoms with Gasteiger partial charge >= 0.3 is 12.1 Å². The first kappa shape index (κ1) is 19.4. The third-order valence-corrected chi connectivity index (χ3v) is 4.01. The van der Waals surface area contributed by atoms with Gasteiger partial charge in [-0.15, -0.1) is 0 Å². The lowest BCUT2D eigenvalue weighted by Gasteiger charge is -2.05. The van der Waals surface area contributed by atoms with E-state index in [9.17, 15) is 18.0 Å². The van der Waals surface area contributed by atoms with E-state index >= 15 is 0 Å². The van der Waals surface area contributed by atoms with Crippen LogP contribution < -0.4 is 0 Å². The lowest BCUT2D eigenvalue weighted by atomic mass is 10.1. The number of aromatic nitrogens is 4. The molecule has 0 saturated carbocycles. The van der Waals surface area contributed by atoms with E-state index in [-0.39, 0.29) is 24.1 Å². The summed E-state index contributed by atoms with van der Waals surface area (Å²) < 4.78 is 55.0. The molecule has 4 rings (SSSR count). The van der Waals surface area contributed by atoms with E-state index in [1.165, 1.54) is 18.2 Å². The lowest BCUT2D eigenvalue weighted by molar-refractivity contribution is -0.137. The Morgan fingerprint density at radius 3 is 2.63 bits per heavy atom. The van der Waals surface area contributed by atoms with Crippen molar-refractivity contribution < 1.29 is 31.6 Å². The number of hydrogen-bond acceptors (Lipinski definition) is 7. The Morgan fingerprint density at radius 1 is 1.13 bits per heavy atom. The number of carbonyl (C=O) groups excluding carboxylic acids is 1. The van der Waals surface area contributed by atoms with Crippen molar-refractivity contribution in [2.45, 2.75) is 19.3 Å². The second kappa shape index (κ2) is 7.85. The average Bonchev–Trinajstić information content (AvgIpc) is 3.48. The van der Waals surface area contributed by atoms with Gasteiger partial charge in [0.15, 0.2) is 6.61 Å². The van der Waals surface area contributed by atoms with Gasteiger partial charge in [-0.05, 0) is 30.3 Å². The smallest absolute Gasteiger partial charge is 0.416 e. The quantitative estimate of drug-likeness (QED) is 0.438. The van der Waals surface area contributed by atoms with Gasteiger partial charge in [-0.3, -0.25) is 4.68 Å². The van der Waals surface area contributed by atoms with Crippen LogP contribution in [0.2, 0.25) is 0 Å². The van der Waals surface area contributed by atoms with Crippen LogP contribution in [0.4, 0.5) is 13.2 Å². The molecule has 0 radical (unpaired) electrons. The highest BCUT2D eigenvalue weighted by Gasteiger charge is 2.30. The minimum atomic E-state index is -4.43. The molecular formula is C19H13F3N4O4. The van der Waals surface area contributed by atoms with E-state index in [4.69, 9.17) is 13.7 Å². The Morgan fingerprint density at radius 2 is 1.93 bits per heavy atom. The summed E-state index contributed by atoms with van der Waals surface area (Å²) in [5, 5.41) is 7.73. The highest BCUT2D eigenvalue weighted by atomic mass is 19.4. The molecule has 1 aromatic carbocycles. The first-order chi connectivity index (χ1) is 14.4. The van der Waals surface area contributed by atoms with E-state index < -0.39 is 17.7 Å². The third-order valence-electron chi connectivity index (χ3n) is 4.01. The molecule has 0 atom stereocenters. The van der Waals surface area contributed by atoms with E-state index in [1.807, 2.05) is 0 Å². The van der Waals surface area contributed by atoms with Crippen molar-refractivity contribution in [3.05, 3.63) is 77.8 Å². The van der Waals surface area contributed by atoms with Crippen molar-refractivity contribution in [2.24, 2.45) is 0 Å². The summed E-state index contributed by atoms with van der Waals surface area (Å²) in [6.45, 7) is 0.0437. The molecule has 0 aliphatic rings. The van der Waals surface area contributed by atoms with Crippen molar-refractivity contribution >= 4 is 5.97 Å². The predicted molar refractivity (Wildman–Crippen MR) is 93.9 cm³/mol. The standard InChI is InChI=1S/C19H13F3N4O4/c20-19(21,22)13-4-2-12(3-5-13)17-24-16(30-25-17)11-28-18(27)15-7-6-14(29-15)10-26-9-1-8-23-26/h1-9H,10-11H2. The number of rotatable bonds is 6. The van der Waals surface area contributed by atoms with Crippen molar-refractivity contribution in [1.82, 2.24) is 19.9 Å². The van der Waals surface area contributed by atoms with E-state index in [0.717, 1.165) is 12.1 Å². The van der Waals surface area contributed by atoms with Gasteiger partial charge in [0.1, 0.15) is 5.76 Å². The number of furan rings is 1. The van der Waals surface area contributed by atoms with E-state index in [2.05, 4.69) is 15.2 Å². The van der Waals surface area contributed by atoms with Crippen LogP contribution in [0.15, 0.2) is 63.8 Å². The number of halogens is 3. The normalized spacial score (nSPS) is 11.6. The van der Waals surface area contributed by atoms with Crippen LogP contribution in [-0.4, -0.2) is 25.9 Å². The molecular weight excluding hydrogens is 405 g/mol. The van der Waals surface area contributed by atoms with E-state index in [1.54, 1.807) is 29.2 Å². The minimum Gasteiger partial charge on any atom is -0.452 e. The van der Waals surface area contributed by atoms with Gasteiger partial charge < -0.3 is 13.7 Å². The zero-order valence-corrected chi connectivity index (χ0v) is 15.2. The van der Waals surface area contributed by atoms with Crippen LogP contribution in [0.3, 0.4) is 0 Å². The van der Waals surface area contributed by atoms with Crippen molar-refractivity contribution in [1.29, 1.82) is 0 Å². The Hall–Kier alpha value is -3.89. The first-order valence-electron chi connectivity index (χ1n) is 8.62. The highest BCUT2D eigenvalue weighted by molar-refractivity contribution is 5.86. The van der Waals surface area contributed by atoms with Gasteiger partial charge in [-0.25, -0.2) is 4.79 Å². The molecule has 154 valence electrons. The maximum atomic E-state index is 12.6. The van der Waals surface area contributed by atoms with Gasteiger partial charge in [0, 0.05) is 18.0 Å². The predicted octanol–water partition coefficient (Wildman–Crippen LogP) is 3.95. The van der Waals surface area contributed by atoms with Gasteiger partial charge in [0.2, 0.25) is 11.6 Å². The summed E-state index contributed by atoms with van der Waals surface area (Å²) >= 11 is 0. The molecule has 3 aromatic heterocycles. The molecule has 0 fully saturated rings. The highest BCUT2D eigenvalue weighted by Crippen LogP contribution is 2.30. The van der Waals surface area contributed by atoms with Crippen LogP contribution in [0, 0.1) is 0 Å². The summed E-state index contributed by atoms with van der Waals surface area (Å²) in [5.41, 5.74) is -0.451. The maximum absolute atomic E-state index is 12.6. The van der Waals surface area contributed by atoms with Gasteiger partial charge in [0.05, 0.1) is 12.1 Å². The number of benzene rings is 1. The number of nitrogens with zero attached hydrogens (tertiary/aromatic N) is 4. The van der Waals surface area contributed by atoms with Crippen molar-refractivity contribution in [2.75, 3.05) is 0 Å². The average molecular weight is 418 g/mol. The van der Waals surface area contributed by atoms with Crippen LogP contribution in [0.5, 0.6) is 0 Å². The summed E-state index contributed by atoms with van der Waals surface area (Å²) in [5.74, 6) is -0.139. The number of ether oxygens (including phenoxy) is 1. The molecule has 0 aliphatic heterocycles. The number of hydrogen-bond donors (Lipinski definition) is 0. The zero-order chi connectivity index (χ0) is 21.1. The second-order valence-corrected chi connectivity index (χ2v) is 6.13. The molecule has 0 spiro atoms. The summed E-state index contributed by atoms with van der Waals surface area (Å²) in [6, 6.07) is 9.17. The molecule has 11 heteroatoms. The molecule has 0 N–H and O–H groups in total. The lowest BCUT2D eigenvalue weighted by Crippen LogP contribution is -2.04. The Labute approximate surface area is 166 Å². The summed E-state index contributed by atoms with van der Waals surface area (Å²) in [6.07, 6.45) is -1.05. The molecule has 30 heavy (non-hydrogen) atoms. The van der Waals surface area contributed by atoms with Gasteiger partial charge in [-0.2, -0.15) is 23.3 Å². The van der Waals surface area contributed by atoms with Gasteiger partial charge in [0.25, 0.3) is 5.89 Å². The fourth-order valence-corrected chi connectivity index (χ4v) is 2.56. The van der Waals surface area contributed by atoms with E-state index in [0.29, 0.717) is 17.9 Å². The molecule has 3 heterocycles. The minimum absolute atomic E-state index is 0.000339. The fraction of sp³-hybridized carbons (Fsp3) is 0.158. The van der Waals surface area contributed by atoms with Crippen molar-refractivity contribution in [3.63, 3.8) is 0 Å². The van der Waals surface area contributed by atoms with Crippen molar-refractivity contribution in [3.8, 4) is 11.4 Å². The summed E-state index contributed by atoms with van der Waals surface area (Å²) in [4.78, 5) is 16.1. The maximum Gasteiger partial charge on any atom is 0.416 e. The first-order valence-corrected chi connectivity index (χ1v) is 8.62. The number of carbonyl (C=O) groups is 1.